The number of amides is 1. The predicted octanol–water partition coefficient (Wildman–Crippen LogP) is 4.90. The third kappa shape index (κ3) is 3.74. The van der Waals surface area contributed by atoms with Crippen molar-refractivity contribution in [3.05, 3.63) is 53.6 Å². The van der Waals surface area contributed by atoms with Gasteiger partial charge in [-0.3, -0.25) is 10.1 Å². The molecule has 0 aliphatic heterocycles. The van der Waals surface area contributed by atoms with Crippen LogP contribution >= 0.6 is 11.3 Å². The molecule has 0 saturated carbocycles. The monoisotopic (exact) mass is 340 g/mol. The molecule has 3 aromatic rings. The van der Waals surface area contributed by atoms with Gasteiger partial charge in [0.1, 0.15) is 5.75 Å². The highest BCUT2D eigenvalue weighted by Gasteiger charge is 2.10. The minimum absolute atomic E-state index is 0.136. The molecule has 1 heterocycles. The van der Waals surface area contributed by atoms with E-state index in [0.29, 0.717) is 10.7 Å². The summed E-state index contributed by atoms with van der Waals surface area (Å²) in [5, 5.41) is 3.47. The van der Waals surface area contributed by atoms with Crippen molar-refractivity contribution in [2.45, 2.75) is 26.2 Å². The molecule has 0 saturated heterocycles. The number of aryl methyl sites for hydroxylation is 1. The van der Waals surface area contributed by atoms with Crippen LogP contribution in [0.3, 0.4) is 0 Å². The number of thiazole rings is 1. The van der Waals surface area contributed by atoms with E-state index in [1.54, 1.807) is 7.11 Å². The molecule has 5 heteroatoms. The molecule has 3 rings (SSSR count). The average molecular weight is 340 g/mol. The number of fused-ring (bicyclic) bond motifs is 1. The fraction of sp³-hybridized carbons (Fsp3) is 0.263. The van der Waals surface area contributed by atoms with Gasteiger partial charge in [0.2, 0.25) is 0 Å². The van der Waals surface area contributed by atoms with Crippen molar-refractivity contribution in [3.8, 4) is 5.75 Å². The lowest BCUT2D eigenvalue weighted by molar-refractivity contribution is 0.102. The van der Waals surface area contributed by atoms with Crippen molar-refractivity contribution in [2.24, 2.45) is 0 Å². The van der Waals surface area contributed by atoms with Crippen molar-refractivity contribution >= 4 is 32.6 Å². The molecule has 1 N–H and O–H groups in total. The Kier molecular flexibility index (Phi) is 5.11. The summed E-state index contributed by atoms with van der Waals surface area (Å²) in [7, 11) is 1.63. The molecular weight excluding hydrogens is 320 g/mol. The summed E-state index contributed by atoms with van der Waals surface area (Å²) in [4.78, 5) is 16.8. The van der Waals surface area contributed by atoms with Gasteiger partial charge in [0, 0.05) is 5.56 Å². The van der Waals surface area contributed by atoms with Crippen molar-refractivity contribution in [2.75, 3.05) is 12.4 Å². The maximum Gasteiger partial charge on any atom is 0.257 e. The van der Waals surface area contributed by atoms with Crippen LogP contribution in [-0.2, 0) is 6.42 Å². The topological polar surface area (TPSA) is 51.2 Å². The number of hydrogen-bond donors (Lipinski definition) is 1. The number of carbonyl (C=O) groups excluding carboxylic acids is 1. The number of methoxy groups -OCH3 is 1. The molecule has 1 amide bonds. The summed E-state index contributed by atoms with van der Waals surface area (Å²) in [5.41, 5.74) is 2.76. The van der Waals surface area contributed by atoms with Crippen LogP contribution in [0, 0.1) is 0 Å². The third-order valence-corrected chi connectivity index (χ3v) is 4.78. The number of hydrogen-bond acceptors (Lipinski definition) is 4. The molecule has 0 bridgehead atoms. The largest absolute Gasteiger partial charge is 0.497 e. The van der Waals surface area contributed by atoms with E-state index < -0.39 is 0 Å². The number of ether oxygens (including phenoxy) is 1. The second-order valence-corrected chi connectivity index (χ2v) is 6.64. The normalized spacial score (nSPS) is 10.8. The Morgan fingerprint density at radius 2 is 2.00 bits per heavy atom. The Morgan fingerprint density at radius 3 is 2.71 bits per heavy atom. The molecule has 0 radical (unpaired) electrons. The minimum atomic E-state index is -0.136. The maximum atomic E-state index is 12.4. The van der Waals surface area contributed by atoms with E-state index >= 15 is 0 Å². The Morgan fingerprint density at radius 1 is 1.21 bits per heavy atom. The highest BCUT2D eigenvalue weighted by Crippen LogP contribution is 2.29. The Labute approximate surface area is 145 Å². The van der Waals surface area contributed by atoms with Crippen LogP contribution in [0.4, 0.5) is 5.13 Å². The summed E-state index contributed by atoms with van der Waals surface area (Å²) in [6, 6.07) is 13.5. The zero-order valence-corrected chi connectivity index (χ0v) is 14.7. The van der Waals surface area contributed by atoms with E-state index in [2.05, 4.69) is 17.2 Å². The van der Waals surface area contributed by atoms with Crippen LogP contribution < -0.4 is 10.1 Å². The van der Waals surface area contributed by atoms with Gasteiger partial charge in [0.15, 0.2) is 5.13 Å². The zero-order valence-electron chi connectivity index (χ0n) is 13.8. The number of aromatic nitrogens is 1. The van der Waals surface area contributed by atoms with E-state index in [1.165, 1.54) is 29.7 Å². The average Bonchev–Trinajstić information content (AvgIpc) is 3.01. The lowest BCUT2D eigenvalue weighted by Crippen LogP contribution is -2.11. The number of nitrogens with one attached hydrogen (secondary N) is 1. The maximum absolute atomic E-state index is 12.4. The van der Waals surface area contributed by atoms with E-state index in [1.807, 2.05) is 42.5 Å². The summed E-state index contributed by atoms with van der Waals surface area (Å²) >= 11 is 1.44. The number of carbonyl (C=O) groups is 1. The highest BCUT2D eigenvalue weighted by molar-refractivity contribution is 7.22. The van der Waals surface area contributed by atoms with Gasteiger partial charge in [0.25, 0.3) is 5.91 Å². The van der Waals surface area contributed by atoms with Crippen molar-refractivity contribution < 1.29 is 9.53 Å². The van der Waals surface area contributed by atoms with Gasteiger partial charge >= 0.3 is 0 Å². The standard InChI is InChI=1S/C19H20N2O2S/c1-3-4-5-13-6-8-14(9-7-13)18(22)21-19-20-16-11-10-15(23-2)12-17(16)24-19/h6-12H,3-5H2,1-2H3,(H,20,21,22). The van der Waals surface area contributed by atoms with Crippen LogP contribution in [0.5, 0.6) is 5.75 Å². The Bertz CT molecular complexity index is 840. The van der Waals surface area contributed by atoms with Crippen molar-refractivity contribution in [1.82, 2.24) is 4.98 Å². The lowest BCUT2D eigenvalue weighted by atomic mass is 10.1. The van der Waals surface area contributed by atoms with Crippen LogP contribution in [0.2, 0.25) is 0 Å². The number of rotatable bonds is 6. The molecule has 0 aliphatic carbocycles. The summed E-state index contributed by atoms with van der Waals surface area (Å²) < 4.78 is 6.20. The SMILES string of the molecule is CCCCc1ccc(C(=O)Nc2nc3ccc(OC)cc3s2)cc1. The summed E-state index contributed by atoms with van der Waals surface area (Å²) in [5.74, 6) is 0.648. The molecule has 0 atom stereocenters. The minimum Gasteiger partial charge on any atom is -0.497 e. The van der Waals surface area contributed by atoms with Gasteiger partial charge < -0.3 is 4.74 Å². The summed E-state index contributed by atoms with van der Waals surface area (Å²) in [6.07, 6.45) is 3.39. The zero-order chi connectivity index (χ0) is 16.9. The van der Waals surface area contributed by atoms with Crippen molar-refractivity contribution in [3.63, 3.8) is 0 Å². The second-order valence-electron chi connectivity index (χ2n) is 5.61. The first-order valence-corrected chi connectivity index (χ1v) is 8.86. The molecule has 1 aromatic heterocycles. The molecule has 0 spiro atoms. The van der Waals surface area contributed by atoms with Gasteiger partial charge in [-0.05, 0) is 48.7 Å². The van der Waals surface area contributed by atoms with E-state index in [9.17, 15) is 4.79 Å². The van der Waals surface area contributed by atoms with Gasteiger partial charge in [-0.25, -0.2) is 4.98 Å². The van der Waals surface area contributed by atoms with Crippen LogP contribution in [0.15, 0.2) is 42.5 Å². The molecular formula is C19H20N2O2S. The number of unbranched alkanes of at least 4 members (excludes halogenated alkanes) is 1. The predicted molar refractivity (Wildman–Crippen MR) is 99.2 cm³/mol. The highest BCUT2D eigenvalue weighted by atomic mass is 32.1. The molecule has 124 valence electrons. The van der Waals surface area contributed by atoms with Crippen LogP contribution in [0.25, 0.3) is 10.2 Å². The number of nitrogens with zero attached hydrogens (tertiary/aromatic N) is 1. The molecule has 4 nitrogen and oxygen atoms in total. The Balaban J connectivity index is 1.72. The van der Waals surface area contributed by atoms with Gasteiger partial charge in [-0.1, -0.05) is 36.8 Å². The summed E-state index contributed by atoms with van der Waals surface area (Å²) in [6.45, 7) is 2.18. The number of benzene rings is 2. The smallest absolute Gasteiger partial charge is 0.257 e. The lowest BCUT2D eigenvalue weighted by Gasteiger charge is -2.03. The molecule has 2 aromatic carbocycles. The van der Waals surface area contributed by atoms with E-state index in [-0.39, 0.29) is 5.91 Å². The molecule has 0 unspecified atom stereocenters. The first-order valence-electron chi connectivity index (χ1n) is 8.04. The first kappa shape index (κ1) is 16.5. The Hall–Kier alpha value is -2.40. The van der Waals surface area contributed by atoms with Crippen LogP contribution in [-0.4, -0.2) is 18.0 Å². The fourth-order valence-electron chi connectivity index (χ4n) is 2.46. The van der Waals surface area contributed by atoms with Crippen LogP contribution in [0.1, 0.15) is 35.7 Å². The molecule has 0 fully saturated rings. The van der Waals surface area contributed by atoms with E-state index in [4.69, 9.17) is 4.74 Å². The van der Waals surface area contributed by atoms with Gasteiger partial charge in [-0.2, -0.15) is 0 Å². The van der Waals surface area contributed by atoms with Gasteiger partial charge in [0.05, 0.1) is 17.3 Å². The van der Waals surface area contributed by atoms with E-state index in [0.717, 1.165) is 22.4 Å². The first-order chi connectivity index (χ1) is 11.7. The fourth-order valence-corrected chi connectivity index (χ4v) is 3.35. The molecule has 24 heavy (non-hydrogen) atoms. The number of anilines is 1. The second kappa shape index (κ2) is 7.45. The van der Waals surface area contributed by atoms with Gasteiger partial charge in [-0.15, -0.1) is 0 Å². The quantitative estimate of drug-likeness (QED) is 0.694. The third-order valence-electron chi connectivity index (χ3n) is 3.85. The molecule has 0 aliphatic rings. The van der Waals surface area contributed by atoms with Crippen molar-refractivity contribution in [1.29, 1.82) is 0 Å².